The zero-order valence-electron chi connectivity index (χ0n) is 11.3. The maximum atomic E-state index is 6.28. The minimum absolute atomic E-state index is 0.137. The van der Waals surface area contributed by atoms with Crippen LogP contribution in [0, 0.1) is 6.92 Å². The van der Waals surface area contributed by atoms with Crippen LogP contribution in [0.1, 0.15) is 23.1 Å². The van der Waals surface area contributed by atoms with Gasteiger partial charge in [0, 0.05) is 17.8 Å². The van der Waals surface area contributed by atoms with E-state index in [0.717, 1.165) is 28.8 Å². The van der Waals surface area contributed by atoms with Crippen LogP contribution < -0.4 is 5.73 Å². The summed E-state index contributed by atoms with van der Waals surface area (Å²) in [5.74, 6) is 0.748. The van der Waals surface area contributed by atoms with E-state index >= 15 is 0 Å². The number of para-hydroxylation sites is 1. The lowest BCUT2D eigenvalue weighted by Gasteiger charge is -2.13. The maximum Gasteiger partial charge on any atom is 0.125 e. The Kier molecular flexibility index (Phi) is 3.39. The minimum Gasteiger partial charge on any atom is -0.322 e. The second-order valence-electron chi connectivity index (χ2n) is 4.83. The average molecular weight is 264 g/mol. The molecule has 1 aromatic carbocycles. The van der Waals surface area contributed by atoms with Crippen LogP contribution in [0.2, 0.25) is 0 Å². The maximum absolute atomic E-state index is 6.28. The highest BCUT2D eigenvalue weighted by molar-refractivity contribution is 5.81. The van der Waals surface area contributed by atoms with Crippen LogP contribution in [0.25, 0.3) is 10.9 Å². The molecule has 0 amide bonds. The van der Waals surface area contributed by atoms with Crippen molar-refractivity contribution in [2.75, 3.05) is 0 Å². The first-order valence-electron chi connectivity index (χ1n) is 6.62. The van der Waals surface area contributed by atoms with E-state index in [-0.39, 0.29) is 6.04 Å². The molecule has 0 saturated heterocycles. The first-order chi connectivity index (χ1) is 9.74. The Labute approximate surface area is 117 Å². The third kappa shape index (κ3) is 2.51. The number of hydrogen-bond donors (Lipinski definition) is 1. The molecule has 0 fully saturated rings. The van der Waals surface area contributed by atoms with Gasteiger partial charge in [0.2, 0.25) is 0 Å². The SMILES string of the molecule is Cc1nccc(C(N)Cc2ccnc3ccccc23)n1. The van der Waals surface area contributed by atoms with Crippen molar-refractivity contribution >= 4 is 10.9 Å². The Morgan fingerprint density at radius 2 is 1.85 bits per heavy atom. The fourth-order valence-corrected chi connectivity index (χ4v) is 2.36. The molecule has 0 radical (unpaired) electrons. The molecular weight excluding hydrogens is 248 g/mol. The van der Waals surface area contributed by atoms with Crippen LogP contribution in [-0.4, -0.2) is 15.0 Å². The summed E-state index contributed by atoms with van der Waals surface area (Å²) >= 11 is 0. The Hall–Kier alpha value is -2.33. The summed E-state index contributed by atoms with van der Waals surface area (Å²) in [7, 11) is 0. The highest BCUT2D eigenvalue weighted by Gasteiger charge is 2.11. The molecule has 3 rings (SSSR count). The highest BCUT2D eigenvalue weighted by Crippen LogP contribution is 2.21. The predicted molar refractivity (Wildman–Crippen MR) is 79.1 cm³/mol. The van der Waals surface area contributed by atoms with Gasteiger partial charge in [-0.05, 0) is 37.1 Å². The molecule has 0 aliphatic heterocycles. The van der Waals surface area contributed by atoms with Crippen LogP contribution in [0.15, 0.2) is 48.8 Å². The van der Waals surface area contributed by atoms with Crippen molar-refractivity contribution in [1.29, 1.82) is 0 Å². The van der Waals surface area contributed by atoms with E-state index in [4.69, 9.17) is 5.73 Å². The summed E-state index contributed by atoms with van der Waals surface area (Å²) in [5, 5.41) is 1.15. The second kappa shape index (κ2) is 5.35. The zero-order valence-corrected chi connectivity index (χ0v) is 11.3. The van der Waals surface area contributed by atoms with E-state index in [1.807, 2.05) is 43.5 Å². The van der Waals surface area contributed by atoms with Crippen LogP contribution in [0.4, 0.5) is 0 Å². The van der Waals surface area contributed by atoms with Crippen molar-refractivity contribution in [1.82, 2.24) is 15.0 Å². The van der Waals surface area contributed by atoms with Gasteiger partial charge in [-0.25, -0.2) is 9.97 Å². The summed E-state index contributed by atoms with van der Waals surface area (Å²) in [5.41, 5.74) is 9.34. The molecule has 2 N–H and O–H groups in total. The molecule has 0 aliphatic carbocycles. The minimum atomic E-state index is -0.137. The normalized spacial score (nSPS) is 12.5. The summed E-state index contributed by atoms with van der Waals surface area (Å²) in [4.78, 5) is 12.9. The van der Waals surface area contributed by atoms with Gasteiger partial charge < -0.3 is 5.73 Å². The number of rotatable bonds is 3. The van der Waals surface area contributed by atoms with Gasteiger partial charge in [0.1, 0.15) is 5.82 Å². The molecule has 2 heterocycles. The van der Waals surface area contributed by atoms with Gasteiger partial charge in [-0.3, -0.25) is 4.98 Å². The van der Waals surface area contributed by atoms with Crippen LogP contribution >= 0.6 is 0 Å². The van der Waals surface area contributed by atoms with Gasteiger partial charge in [-0.1, -0.05) is 18.2 Å². The van der Waals surface area contributed by atoms with Crippen LogP contribution in [0.5, 0.6) is 0 Å². The molecular formula is C16H16N4. The van der Waals surface area contributed by atoms with Gasteiger partial charge >= 0.3 is 0 Å². The molecule has 100 valence electrons. The monoisotopic (exact) mass is 264 g/mol. The smallest absolute Gasteiger partial charge is 0.125 e. The first kappa shape index (κ1) is 12.7. The molecule has 1 unspecified atom stereocenters. The second-order valence-corrected chi connectivity index (χ2v) is 4.83. The molecule has 0 bridgehead atoms. The number of benzene rings is 1. The van der Waals surface area contributed by atoms with Gasteiger partial charge in [-0.15, -0.1) is 0 Å². The number of nitrogens with two attached hydrogens (primary N) is 1. The summed E-state index contributed by atoms with van der Waals surface area (Å²) in [6.07, 6.45) is 4.32. The fraction of sp³-hybridized carbons (Fsp3) is 0.188. The highest BCUT2D eigenvalue weighted by atomic mass is 14.9. The van der Waals surface area contributed by atoms with E-state index in [2.05, 4.69) is 21.0 Å². The van der Waals surface area contributed by atoms with Gasteiger partial charge in [0.25, 0.3) is 0 Å². The average Bonchev–Trinajstić information content (AvgIpc) is 2.47. The molecule has 0 aliphatic rings. The van der Waals surface area contributed by atoms with Crippen LogP contribution in [-0.2, 0) is 6.42 Å². The van der Waals surface area contributed by atoms with Gasteiger partial charge in [-0.2, -0.15) is 0 Å². The number of pyridine rings is 1. The number of aromatic nitrogens is 3. The fourth-order valence-electron chi connectivity index (χ4n) is 2.36. The third-order valence-corrected chi connectivity index (χ3v) is 3.36. The number of hydrogen-bond acceptors (Lipinski definition) is 4. The predicted octanol–water partition coefficient (Wildman–Crippen LogP) is 2.58. The number of nitrogens with zero attached hydrogens (tertiary/aromatic N) is 3. The number of aryl methyl sites for hydroxylation is 1. The van der Waals surface area contributed by atoms with Crippen molar-refractivity contribution in [3.8, 4) is 0 Å². The lowest BCUT2D eigenvalue weighted by atomic mass is 10.0. The molecule has 2 aromatic heterocycles. The zero-order chi connectivity index (χ0) is 13.9. The lowest BCUT2D eigenvalue weighted by Crippen LogP contribution is -2.16. The Bertz CT molecular complexity index is 734. The quantitative estimate of drug-likeness (QED) is 0.789. The first-order valence-corrected chi connectivity index (χ1v) is 6.62. The summed E-state index contributed by atoms with van der Waals surface area (Å²) in [6.45, 7) is 1.87. The molecule has 0 saturated carbocycles. The van der Waals surface area contributed by atoms with E-state index < -0.39 is 0 Å². The van der Waals surface area contributed by atoms with E-state index in [0.29, 0.717) is 0 Å². The Morgan fingerprint density at radius 1 is 1.05 bits per heavy atom. The molecule has 4 heteroatoms. The molecule has 3 aromatic rings. The van der Waals surface area contributed by atoms with Crippen molar-refractivity contribution in [2.24, 2.45) is 5.73 Å². The van der Waals surface area contributed by atoms with Crippen molar-refractivity contribution < 1.29 is 0 Å². The molecule has 4 nitrogen and oxygen atoms in total. The van der Waals surface area contributed by atoms with E-state index in [9.17, 15) is 0 Å². The van der Waals surface area contributed by atoms with Gasteiger partial charge in [0.05, 0.1) is 17.3 Å². The summed E-state index contributed by atoms with van der Waals surface area (Å²) < 4.78 is 0. The van der Waals surface area contributed by atoms with Crippen LogP contribution in [0.3, 0.4) is 0 Å². The van der Waals surface area contributed by atoms with Crippen molar-refractivity contribution in [2.45, 2.75) is 19.4 Å². The Balaban J connectivity index is 1.93. The molecule has 20 heavy (non-hydrogen) atoms. The third-order valence-electron chi connectivity index (χ3n) is 3.36. The molecule has 0 spiro atoms. The Morgan fingerprint density at radius 3 is 2.70 bits per heavy atom. The molecule has 1 atom stereocenters. The standard InChI is InChI=1S/C16H16N4/c1-11-18-9-7-16(20-11)14(17)10-12-6-8-19-15-5-3-2-4-13(12)15/h2-9,14H,10,17H2,1H3. The summed E-state index contributed by atoms with van der Waals surface area (Å²) in [6, 6.07) is 11.9. The topological polar surface area (TPSA) is 64.7 Å². The largest absolute Gasteiger partial charge is 0.322 e. The number of fused-ring (bicyclic) bond motifs is 1. The van der Waals surface area contributed by atoms with E-state index in [1.165, 1.54) is 5.56 Å². The van der Waals surface area contributed by atoms with Crippen molar-refractivity contribution in [3.05, 3.63) is 65.9 Å². The van der Waals surface area contributed by atoms with Crippen molar-refractivity contribution in [3.63, 3.8) is 0 Å². The lowest BCUT2D eigenvalue weighted by molar-refractivity contribution is 0.690. The van der Waals surface area contributed by atoms with Gasteiger partial charge in [0.15, 0.2) is 0 Å². The van der Waals surface area contributed by atoms with E-state index in [1.54, 1.807) is 6.20 Å².